The number of anilines is 1. The van der Waals surface area contributed by atoms with Crippen molar-refractivity contribution in [2.45, 2.75) is 32.0 Å². The molecule has 0 spiro atoms. The molecule has 0 saturated carbocycles. The molecule has 40 heavy (non-hydrogen) atoms. The highest BCUT2D eigenvalue weighted by Gasteiger charge is 2.29. The molecule has 0 radical (unpaired) electrons. The fourth-order valence-electron chi connectivity index (χ4n) is 5.50. The van der Waals surface area contributed by atoms with Crippen LogP contribution in [0.1, 0.15) is 27.9 Å². The summed E-state index contributed by atoms with van der Waals surface area (Å²) in [4.78, 5) is 30.8. The molecular weight excluding hydrogens is 508 g/mol. The number of nitrogens with zero attached hydrogens (tertiary/aromatic N) is 1. The van der Waals surface area contributed by atoms with E-state index in [1.165, 1.54) is 5.19 Å². The van der Waals surface area contributed by atoms with Gasteiger partial charge < -0.3 is 5.32 Å². The second-order valence-electron chi connectivity index (χ2n) is 11.0. The van der Waals surface area contributed by atoms with E-state index in [-0.39, 0.29) is 17.6 Å². The molecule has 1 amide bonds. The van der Waals surface area contributed by atoms with Crippen LogP contribution in [-0.4, -0.2) is 24.7 Å². The van der Waals surface area contributed by atoms with Gasteiger partial charge in [0.15, 0.2) is 5.78 Å². The lowest BCUT2D eigenvalue weighted by molar-refractivity contribution is -0.116. The van der Waals surface area contributed by atoms with Gasteiger partial charge in [-0.15, -0.1) is 0 Å². The number of aromatic nitrogens is 1. The number of carbonyl (C=O) groups excluding carboxylic acids is 2. The average Bonchev–Trinajstić information content (AvgIpc) is 2.98. The number of rotatable bonds is 10. The SMILES string of the molecule is C[Si](C)(CC(CC(=O)Nc1cccc2cccnc12)Cc1ccc(C(=O)c2ccccc2)cc1)c1ccccc1. The van der Waals surface area contributed by atoms with E-state index in [2.05, 4.69) is 53.7 Å². The van der Waals surface area contributed by atoms with E-state index in [0.29, 0.717) is 17.5 Å². The van der Waals surface area contributed by atoms with Crippen LogP contribution in [0.15, 0.2) is 121 Å². The largest absolute Gasteiger partial charge is 0.324 e. The Hall–Kier alpha value is -4.35. The lowest BCUT2D eigenvalue weighted by atomic mass is 9.95. The van der Waals surface area contributed by atoms with Crippen LogP contribution in [-0.2, 0) is 11.2 Å². The third-order valence-electron chi connectivity index (χ3n) is 7.51. The zero-order valence-electron chi connectivity index (χ0n) is 23.0. The summed E-state index contributed by atoms with van der Waals surface area (Å²) in [6, 6.07) is 38.6. The Morgan fingerprint density at radius 1 is 0.750 bits per heavy atom. The van der Waals surface area contributed by atoms with E-state index < -0.39 is 8.07 Å². The molecule has 0 aliphatic carbocycles. The Morgan fingerprint density at radius 2 is 1.40 bits per heavy atom. The van der Waals surface area contributed by atoms with E-state index in [0.717, 1.165) is 34.6 Å². The number of nitrogens with one attached hydrogen (secondary N) is 1. The summed E-state index contributed by atoms with van der Waals surface area (Å²) >= 11 is 0. The highest BCUT2D eigenvalue weighted by atomic mass is 28.3. The van der Waals surface area contributed by atoms with Crippen LogP contribution in [0.25, 0.3) is 10.9 Å². The van der Waals surface area contributed by atoms with Gasteiger partial charge >= 0.3 is 0 Å². The fraction of sp³-hybridized carbons (Fsp3) is 0.171. The third kappa shape index (κ3) is 6.61. The molecule has 1 unspecified atom stereocenters. The van der Waals surface area contributed by atoms with Crippen molar-refractivity contribution in [3.05, 3.63) is 138 Å². The average molecular weight is 543 g/mol. The summed E-state index contributed by atoms with van der Waals surface area (Å²) < 4.78 is 0. The standard InChI is InChI=1S/C35H34N2O2Si/c1-40(2,31-15-7-4-8-16-31)25-27(24-33(38)37-32-17-9-13-28-14-10-22-36-34(28)32)23-26-18-20-30(21-19-26)35(39)29-11-5-3-6-12-29/h3-22,27H,23-25H2,1-2H3,(H,37,38). The maximum atomic E-state index is 13.4. The van der Waals surface area contributed by atoms with Crippen molar-refractivity contribution in [2.24, 2.45) is 5.92 Å². The number of pyridine rings is 1. The Balaban J connectivity index is 1.35. The molecule has 5 rings (SSSR count). The first-order valence-electron chi connectivity index (χ1n) is 13.8. The Labute approximate surface area is 237 Å². The molecule has 1 atom stereocenters. The molecular formula is C35H34N2O2Si. The second-order valence-corrected chi connectivity index (χ2v) is 15.8. The van der Waals surface area contributed by atoms with Crippen LogP contribution < -0.4 is 10.5 Å². The van der Waals surface area contributed by atoms with Gasteiger partial charge in [0, 0.05) is 29.1 Å². The predicted octanol–water partition coefficient (Wildman–Crippen LogP) is 7.27. The minimum absolute atomic E-state index is 0.00288. The molecule has 5 aromatic rings. The molecule has 5 heteroatoms. The summed E-state index contributed by atoms with van der Waals surface area (Å²) in [6.45, 7) is 4.76. The van der Waals surface area contributed by atoms with E-state index in [9.17, 15) is 9.59 Å². The maximum absolute atomic E-state index is 13.4. The second kappa shape index (κ2) is 12.2. The van der Waals surface area contributed by atoms with Crippen LogP contribution in [0.4, 0.5) is 5.69 Å². The molecule has 4 aromatic carbocycles. The maximum Gasteiger partial charge on any atom is 0.224 e. The van der Waals surface area contributed by atoms with Crippen LogP contribution in [0.3, 0.4) is 0 Å². The monoisotopic (exact) mass is 542 g/mol. The summed E-state index contributed by atoms with van der Waals surface area (Å²) in [5.41, 5.74) is 4.03. The Kier molecular flexibility index (Phi) is 8.32. The lowest BCUT2D eigenvalue weighted by Crippen LogP contribution is -2.43. The normalized spacial score (nSPS) is 12.2. The van der Waals surface area contributed by atoms with Crippen molar-refractivity contribution in [2.75, 3.05) is 5.32 Å². The van der Waals surface area contributed by atoms with Crippen LogP contribution in [0.5, 0.6) is 0 Å². The molecule has 0 aliphatic rings. The first-order chi connectivity index (χ1) is 19.4. The Morgan fingerprint density at radius 3 is 2.12 bits per heavy atom. The zero-order valence-corrected chi connectivity index (χ0v) is 24.0. The van der Waals surface area contributed by atoms with E-state index in [1.807, 2.05) is 84.9 Å². The topological polar surface area (TPSA) is 59.1 Å². The zero-order chi connectivity index (χ0) is 28.0. The molecule has 0 fully saturated rings. The van der Waals surface area contributed by atoms with Gasteiger partial charge in [0.2, 0.25) is 5.91 Å². The van der Waals surface area contributed by atoms with Gasteiger partial charge in [-0.1, -0.05) is 121 Å². The lowest BCUT2D eigenvalue weighted by Gasteiger charge is -2.28. The molecule has 200 valence electrons. The number of carbonyl (C=O) groups is 2. The summed E-state index contributed by atoms with van der Waals surface area (Å²) in [6.07, 6.45) is 2.93. The molecule has 1 N–H and O–H groups in total. The van der Waals surface area contributed by atoms with Crippen molar-refractivity contribution in [1.82, 2.24) is 4.98 Å². The fourth-order valence-corrected chi connectivity index (χ4v) is 8.56. The first kappa shape index (κ1) is 27.2. The number of amides is 1. The first-order valence-corrected chi connectivity index (χ1v) is 17.0. The molecule has 0 saturated heterocycles. The molecule has 0 bridgehead atoms. The number of hydrogen-bond acceptors (Lipinski definition) is 3. The van der Waals surface area contributed by atoms with Crippen molar-refractivity contribution < 1.29 is 9.59 Å². The van der Waals surface area contributed by atoms with Crippen molar-refractivity contribution in [3.8, 4) is 0 Å². The van der Waals surface area contributed by atoms with Crippen molar-refractivity contribution in [3.63, 3.8) is 0 Å². The number of benzene rings is 4. The van der Waals surface area contributed by atoms with Gasteiger partial charge in [-0.05, 0) is 36.1 Å². The highest BCUT2D eigenvalue weighted by molar-refractivity contribution is 6.89. The van der Waals surface area contributed by atoms with Crippen LogP contribution in [0.2, 0.25) is 19.1 Å². The van der Waals surface area contributed by atoms with Crippen molar-refractivity contribution >= 4 is 41.5 Å². The molecule has 1 aromatic heterocycles. The predicted molar refractivity (Wildman–Crippen MR) is 167 cm³/mol. The van der Waals surface area contributed by atoms with E-state index in [1.54, 1.807) is 6.20 Å². The third-order valence-corrected chi connectivity index (χ3v) is 11.0. The quantitative estimate of drug-likeness (QED) is 0.149. The van der Waals surface area contributed by atoms with E-state index >= 15 is 0 Å². The molecule has 4 nitrogen and oxygen atoms in total. The van der Waals surface area contributed by atoms with Gasteiger partial charge in [-0.3, -0.25) is 14.6 Å². The van der Waals surface area contributed by atoms with E-state index in [4.69, 9.17) is 0 Å². The summed E-state index contributed by atoms with van der Waals surface area (Å²) in [5, 5.41) is 5.53. The number of ketones is 1. The smallest absolute Gasteiger partial charge is 0.224 e. The van der Waals surface area contributed by atoms with Gasteiger partial charge in [0.25, 0.3) is 0 Å². The van der Waals surface area contributed by atoms with Crippen LogP contribution >= 0.6 is 0 Å². The highest BCUT2D eigenvalue weighted by Crippen LogP contribution is 2.27. The van der Waals surface area contributed by atoms with Crippen LogP contribution in [0, 0.1) is 5.92 Å². The minimum Gasteiger partial charge on any atom is -0.324 e. The van der Waals surface area contributed by atoms with Gasteiger partial charge in [0.05, 0.1) is 19.3 Å². The Bertz CT molecular complexity index is 1590. The van der Waals surface area contributed by atoms with Gasteiger partial charge in [0.1, 0.15) is 0 Å². The molecule has 0 aliphatic heterocycles. The summed E-state index contributed by atoms with van der Waals surface area (Å²) in [5.74, 6) is 0.168. The van der Waals surface area contributed by atoms with Crippen molar-refractivity contribution in [1.29, 1.82) is 0 Å². The summed E-state index contributed by atoms with van der Waals surface area (Å²) in [7, 11) is -1.82. The molecule has 1 heterocycles. The van der Waals surface area contributed by atoms with Gasteiger partial charge in [-0.25, -0.2) is 0 Å². The van der Waals surface area contributed by atoms with Gasteiger partial charge in [-0.2, -0.15) is 0 Å². The number of fused-ring (bicyclic) bond motifs is 1. The number of para-hydroxylation sites is 1. The number of hydrogen-bond donors (Lipinski definition) is 1. The minimum atomic E-state index is -1.82.